The van der Waals surface area contributed by atoms with Crippen LogP contribution in [0.4, 0.5) is 0 Å². The molecule has 2 aromatic carbocycles. The molecule has 1 saturated heterocycles. The van der Waals surface area contributed by atoms with Gasteiger partial charge in [0.1, 0.15) is 10.8 Å². The Morgan fingerprint density at radius 2 is 1.80 bits per heavy atom. The lowest BCUT2D eigenvalue weighted by atomic mass is 10.1. The van der Waals surface area contributed by atoms with Gasteiger partial charge in [0.2, 0.25) is 0 Å². The summed E-state index contributed by atoms with van der Waals surface area (Å²) in [4.78, 5) is 21.7. The number of carbonyl (C=O) groups excluding carboxylic acids is 1. The summed E-state index contributed by atoms with van der Waals surface area (Å²) in [6, 6.07) is 15.2. The van der Waals surface area contributed by atoms with Crippen LogP contribution in [0.3, 0.4) is 0 Å². The van der Waals surface area contributed by atoms with Crippen LogP contribution in [0.15, 0.2) is 53.9 Å². The summed E-state index contributed by atoms with van der Waals surface area (Å²) < 4.78 is 5.21. The first-order valence-electron chi connectivity index (χ1n) is 9.49. The SMILES string of the molecule is COc1ccc(-c2csc(CN3CCN(C(=O)c4ccccc4Cl)CC3)n2)cc1.Cl. The molecule has 3 aromatic rings. The van der Waals surface area contributed by atoms with Gasteiger partial charge in [-0.1, -0.05) is 23.7 Å². The third-order valence-corrected chi connectivity index (χ3v) is 6.22. The number of halogens is 2. The Hall–Kier alpha value is -2.12. The van der Waals surface area contributed by atoms with E-state index in [-0.39, 0.29) is 18.3 Å². The Kier molecular flexibility index (Phi) is 7.72. The minimum Gasteiger partial charge on any atom is -0.497 e. The van der Waals surface area contributed by atoms with Crippen LogP contribution in [0, 0.1) is 0 Å². The predicted molar refractivity (Wildman–Crippen MR) is 124 cm³/mol. The first kappa shape index (κ1) is 22.6. The molecule has 0 saturated carbocycles. The first-order chi connectivity index (χ1) is 14.1. The van der Waals surface area contributed by atoms with Crippen molar-refractivity contribution in [2.24, 2.45) is 0 Å². The van der Waals surface area contributed by atoms with Crippen molar-refractivity contribution < 1.29 is 9.53 Å². The maximum absolute atomic E-state index is 12.7. The zero-order valence-corrected chi connectivity index (χ0v) is 19.0. The van der Waals surface area contributed by atoms with E-state index in [0.29, 0.717) is 23.7 Å². The monoisotopic (exact) mass is 463 g/mol. The highest BCUT2D eigenvalue weighted by atomic mass is 35.5. The van der Waals surface area contributed by atoms with E-state index in [1.54, 1.807) is 30.6 Å². The van der Waals surface area contributed by atoms with E-state index in [4.69, 9.17) is 21.3 Å². The van der Waals surface area contributed by atoms with Gasteiger partial charge in [0.25, 0.3) is 5.91 Å². The number of hydrogen-bond acceptors (Lipinski definition) is 5. The molecule has 158 valence electrons. The zero-order valence-electron chi connectivity index (χ0n) is 16.6. The van der Waals surface area contributed by atoms with E-state index in [0.717, 1.165) is 41.6 Å². The van der Waals surface area contributed by atoms with Gasteiger partial charge >= 0.3 is 0 Å². The standard InChI is InChI=1S/C22H22ClN3O2S.ClH/c1-28-17-8-6-16(7-9-17)20-15-29-21(24-20)14-25-10-12-26(13-11-25)22(27)18-4-2-3-5-19(18)23;/h2-9,15H,10-14H2,1H3;1H. The highest BCUT2D eigenvalue weighted by Gasteiger charge is 2.24. The molecule has 0 unspecified atom stereocenters. The first-order valence-corrected chi connectivity index (χ1v) is 10.7. The molecule has 2 heterocycles. The van der Waals surface area contributed by atoms with Gasteiger partial charge in [0.05, 0.1) is 29.9 Å². The van der Waals surface area contributed by atoms with Crippen molar-refractivity contribution in [3.8, 4) is 17.0 Å². The van der Waals surface area contributed by atoms with Gasteiger partial charge in [0.15, 0.2) is 0 Å². The number of hydrogen-bond donors (Lipinski definition) is 0. The second-order valence-electron chi connectivity index (χ2n) is 6.90. The molecule has 0 spiro atoms. The zero-order chi connectivity index (χ0) is 20.2. The minimum atomic E-state index is 0. The molecule has 0 radical (unpaired) electrons. The Balaban J connectivity index is 0.00000256. The molecular formula is C22H23Cl2N3O2S. The highest BCUT2D eigenvalue weighted by molar-refractivity contribution is 7.09. The van der Waals surface area contributed by atoms with Gasteiger partial charge in [-0.25, -0.2) is 4.98 Å². The van der Waals surface area contributed by atoms with E-state index >= 15 is 0 Å². The fraction of sp³-hybridized carbons (Fsp3) is 0.273. The van der Waals surface area contributed by atoms with Gasteiger partial charge in [-0.3, -0.25) is 9.69 Å². The minimum absolute atomic E-state index is 0. The highest BCUT2D eigenvalue weighted by Crippen LogP contribution is 2.25. The molecule has 0 aliphatic carbocycles. The molecule has 1 aromatic heterocycles. The van der Waals surface area contributed by atoms with Crippen LogP contribution < -0.4 is 4.74 Å². The Labute approximate surface area is 191 Å². The van der Waals surface area contributed by atoms with Gasteiger partial charge in [-0.15, -0.1) is 23.7 Å². The lowest BCUT2D eigenvalue weighted by Crippen LogP contribution is -2.48. The summed E-state index contributed by atoms with van der Waals surface area (Å²) in [6.07, 6.45) is 0. The largest absolute Gasteiger partial charge is 0.497 e. The molecule has 0 bridgehead atoms. The molecule has 5 nitrogen and oxygen atoms in total. The molecule has 30 heavy (non-hydrogen) atoms. The number of piperazine rings is 1. The summed E-state index contributed by atoms with van der Waals surface area (Å²) in [6.45, 7) is 3.85. The normalized spacial score (nSPS) is 14.3. The van der Waals surface area contributed by atoms with Crippen molar-refractivity contribution in [3.63, 3.8) is 0 Å². The van der Waals surface area contributed by atoms with Crippen molar-refractivity contribution in [2.45, 2.75) is 6.54 Å². The number of benzene rings is 2. The van der Waals surface area contributed by atoms with Crippen molar-refractivity contribution in [3.05, 3.63) is 69.5 Å². The number of aromatic nitrogens is 1. The number of methoxy groups -OCH3 is 1. The summed E-state index contributed by atoms with van der Waals surface area (Å²) >= 11 is 7.84. The molecule has 1 aliphatic heterocycles. The Morgan fingerprint density at radius 1 is 1.10 bits per heavy atom. The average Bonchev–Trinajstić information content (AvgIpc) is 3.23. The van der Waals surface area contributed by atoms with E-state index in [2.05, 4.69) is 10.3 Å². The molecule has 0 atom stereocenters. The Bertz CT molecular complexity index is 986. The fourth-order valence-corrected chi connectivity index (χ4v) is 4.44. The van der Waals surface area contributed by atoms with Crippen molar-refractivity contribution >= 4 is 41.3 Å². The molecule has 0 N–H and O–H groups in total. The summed E-state index contributed by atoms with van der Waals surface area (Å²) in [5, 5.41) is 3.68. The quantitative estimate of drug-likeness (QED) is 0.542. The maximum Gasteiger partial charge on any atom is 0.255 e. The lowest BCUT2D eigenvalue weighted by Gasteiger charge is -2.34. The van der Waals surface area contributed by atoms with Gasteiger partial charge in [0, 0.05) is 37.1 Å². The van der Waals surface area contributed by atoms with Crippen molar-refractivity contribution in [1.82, 2.24) is 14.8 Å². The number of ether oxygens (including phenoxy) is 1. The number of amides is 1. The second kappa shape index (κ2) is 10.3. The lowest BCUT2D eigenvalue weighted by molar-refractivity contribution is 0.0628. The topological polar surface area (TPSA) is 45.7 Å². The van der Waals surface area contributed by atoms with E-state index < -0.39 is 0 Å². The van der Waals surface area contributed by atoms with Crippen LogP contribution in [-0.2, 0) is 6.54 Å². The number of carbonyl (C=O) groups is 1. The molecular weight excluding hydrogens is 441 g/mol. The predicted octanol–water partition coefficient (Wildman–Crippen LogP) is 4.85. The number of rotatable bonds is 5. The third-order valence-electron chi connectivity index (χ3n) is 5.06. The van der Waals surface area contributed by atoms with Crippen molar-refractivity contribution in [1.29, 1.82) is 0 Å². The van der Waals surface area contributed by atoms with Gasteiger partial charge < -0.3 is 9.64 Å². The maximum atomic E-state index is 12.7. The third kappa shape index (κ3) is 5.13. The molecule has 1 amide bonds. The summed E-state index contributed by atoms with van der Waals surface area (Å²) in [5.41, 5.74) is 2.65. The molecule has 4 rings (SSSR count). The Morgan fingerprint density at radius 3 is 2.47 bits per heavy atom. The van der Waals surface area contributed by atoms with Crippen LogP contribution >= 0.6 is 35.3 Å². The molecule has 8 heteroatoms. The van der Waals surface area contributed by atoms with E-state index in [9.17, 15) is 4.79 Å². The van der Waals surface area contributed by atoms with Crippen LogP contribution in [0.2, 0.25) is 5.02 Å². The molecule has 1 fully saturated rings. The van der Waals surface area contributed by atoms with E-state index in [1.807, 2.05) is 41.3 Å². The van der Waals surface area contributed by atoms with Gasteiger partial charge in [-0.2, -0.15) is 0 Å². The van der Waals surface area contributed by atoms with Gasteiger partial charge in [-0.05, 0) is 36.4 Å². The summed E-state index contributed by atoms with van der Waals surface area (Å²) in [7, 11) is 1.66. The van der Waals surface area contributed by atoms with E-state index in [1.165, 1.54) is 0 Å². The smallest absolute Gasteiger partial charge is 0.255 e. The van der Waals surface area contributed by atoms with Crippen molar-refractivity contribution in [2.75, 3.05) is 33.3 Å². The molecule has 1 aliphatic rings. The average molecular weight is 464 g/mol. The fourth-order valence-electron chi connectivity index (χ4n) is 3.38. The summed E-state index contributed by atoms with van der Waals surface area (Å²) in [5.74, 6) is 0.847. The van der Waals surface area contributed by atoms with Crippen LogP contribution in [0.5, 0.6) is 5.75 Å². The van der Waals surface area contributed by atoms with Crippen LogP contribution in [0.1, 0.15) is 15.4 Å². The van der Waals surface area contributed by atoms with Crippen LogP contribution in [0.25, 0.3) is 11.3 Å². The second-order valence-corrected chi connectivity index (χ2v) is 8.25. The van der Waals surface area contributed by atoms with Crippen LogP contribution in [-0.4, -0.2) is 54.0 Å². The number of nitrogens with zero attached hydrogens (tertiary/aromatic N) is 3. The number of thiazole rings is 1.